The molecular formula is C19H18FN5O. The van der Waals surface area contributed by atoms with Crippen LogP contribution >= 0.6 is 0 Å². The van der Waals surface area contributed by atoms with Gasteiger partial charge >= 0.3 is 0 Å². The third-order valence-electron chi connectivity index (χ3n) is 3.72. The van der Waals surface area contributed by atoms with E-state index < -0.39 is 11.4 Å². The number of nitriles is 1. The minimum atomic E-state index is -0.516. The van der Waals surface area contributed by atoms with Crippen LogP contribution < -0.4 is 5.32 Å². The van der Waals surface area contributed by atoms with Crippen LogP contribution in [0.4, 0.5) is 4.39 Å². The number of aromatic nitrogens is 3. The van der Waals surface area contributed by atoms with E-state index in [9.17, 15) is 9.18 Å². The lowest BCUT2D eigenvalue weighted by atomic mass is 10.1. The van der Waals surface area contributed by atoms with Gasteiger partial charge in [-0.15, -0.1) is 0 Å². The van der Waals surface area contributed by atoms with Crippen molar-refractivity contribution in [2.75, 3.05) is 0 Å². The first-order valence-corrected chi connectivity index (χ1v) is 8.06. The maximum atomic E-state index is 13.8. The highest BCUT2D eigenvalue weighted by atomic mass is 19.1. The fourth-order valence-electron chi connectivity index (χ4n) is 2.63. The number of hydrogen-bond donors (Lipinski definition) is 1. The van der Waals surface area contributed by atoms with E-state index in [1.54, 1.807) is 16.5 Å². The fraction of sp³-hybridized carbons (Fsp3) is 0.263. The van der Waals surface area contributed by atoms with Crippen LogP contribution in [0.5, 0.6) is 0 Å². The summed E-state index contributed by atoms with van der Waals surface area (Å²) in [5.41, 5.74) is 2.09. The van der Waals surface area contributed by atoms with Gasteiger partial charge in [-0.3, -0.25) is 9.20 Å². The monoisotopic (exact) mass is 351 g/mol. The Morgan fingerprint density at radius 2 is 2.00 bits per heavy atom. The SMILES string of the molecule is Cc1cc(-c2cc(F)cc(C#N)c2)nc2c(C(=O)NC(C)(C)C)ncn12. The van der Waals surface area contributed by atoms with E-state index in [0.717, 1.165) is 11.8 Å². The maximum Gasteiger partial charge on any atom is 0.274 e. The second-order valence-electron chi connectivity index (χ2n) is 7.11. The van der Waals surface area contributed by atoms with Gasteiger partial charge < -0.3 is 5.32 Å². The number of rotatable bonds is 2. The summed E-state index contributed by atoms with van der Waals surface area (Å²) in [4.78, 5) is 21.2. The summed E-state index contributed by atoms with van der Waals surface area (Å²) < 4.78 is 15.5. The zero-order valence-corrected chi connectivity index (χ0v) is 15.0. The highest BCUT2D eigenvalue weighted by Gasteiger charge is 2.21. The summed E-state index contributed by atoms with van der Waals surface area (Å²) in [5, 5.41) is 11.9. The zero-order valence-electron chi connectivity index (χ0n) is 15.0. The molecule has 1 aromatic carbocycles. The van der Waals surface area contributed by atoms with E-state index in [-0.39, 0.29) is 17.2 Å². The maximum absolute atomic E-state index is 13.8. The molecule has 3 rings (SSSR count). The molecule has 0 radical (unpaired) electrons. The van der Waals surface area contributed by atoms with Crippen molar-refractivity contribution >= 4 is 11.6 Å². The van der Waals surface area contributed by atoms with Gasteiger partial charge in [-0.25, -0.2) is 14.4 Å². The van der Waals surface area contributed by atoms with Crippen molar-refractivity contribution in [3.05, 3.63) is 53.4 Å². The number of nitrogens with one attached hydrogen (secondary N) is 1. The van der Waals surface area contributed by atoms with Gasteiger partial charge in [-0.05, 0) is 52.0 Å². The molecule has 0 aliphatic heterocycles. The summed E-state index contributed by atoms with van der Waals surface area (Å²) >= 11 is 0. The smallest absolute Gasteiger partial charge is 0.274 e. The zero-order chi connectivity index (χ0) is 19.1. The van der Waals surface area contributed by atoms with Crippen molar-refractivity contribution in [3.63, 3.8) is 0 Å². The molecule has 0 aliphatic rings. The number of aryl methyl sites for hydroxylation is 1. The van der Waals surface area contributed by atoms with Gasteiger partial charge in [-0.2, -0.15) is 5.26 Å². The summed E-state index contributed by atoms with van der Waals surface area (Å²) in [6, 6.07) is 7.73. The van der Waals surface area contributed by atoms with Gasteiger partial charge in [0.1, 0.15) is 12.1 Å². The first-order valence-electron chi connectivity index (χ1n) is 8.06. The molecule has 0 bridgehead atoms. The van der Waals surface area contributed by atoms with Crippen LogP contribution in [0.25, 0.3) is 16.9 Å². The number of halogens is 1. The molecule has 7 heteroatoms. The largest absolute Gasteiger partial charge is 0.346 e. The van der Waals surface area contributed by atoms with E-state index in [0.29, 0.717) is 16.9 Å². The molecule has 6 nitrogen and oxygen atoms in total. The molecule has 0 fully saturated rings. The number of carbonyl (C=O) groups excluding carboxylic acids is 1. The van der Waals surface area contributed by atoms with Gasteiger partial charge in [0.2, 0.25) is 0 Å². The minimum Gasteiger partial charge on any atom is -0.346 e. The first-order chi connectivity index (χ1) is 12.2. The van der Waals surface area contributed by atoms with Gasteiger partial charge in [0.25, 0.3) is 5.91 Å². The molecule has 2 aromatic heterocycles. The summed E-state index contributed by atoms with van der Waals surface area (Å²) in [5.74, 6) is -0.849. The highest BCUT2D eigenvalue weighted by molar-refractivity contribution is 5.98. The van der Waals surface area contributed by atoms with Crippen LogP contribution in [0.15, 0.2) is 30.6 Å². The van der Waals surface area contributed by atoms with Crippen LogP contribution in [0.1, 0.15) is 42.5 Å². The molecule has 0 spiro atoms. The molecular weight excluding hydrogens is 333 g/mol. The minimum absolute atomic E-state index is 0.196. The molecule has 0 saturated carbocycles. The molecule has 1 N–H and O–H groups in total. The quantitative estimate of drug-likeness (QED) is 0.768. The Morgan fingerprint density at radius 3 is 2.65 bits per heavy atom. The number of amides is 1. The normalized spacial score (nSPS) is 11.4. The third-order valence-corrected chi connectivity index (χ3v) is 3.72. The van der Waals surface area contributed by atoms with E-state index in [1.807, 2.05) is 33.8 Å². The lowest BCUT2D eigenvalue weighted by Crippen LogP contribution is -2.40. The first kappa shape index (κ1) is 17.5. The van der Waals surface area contributed by atoms with Gasteiger partial charge in [-0.1, -0.05) is 0 Å². The standard InChI is InChI=1S/C19H18FN5O/c1-11-5-15(13-6-12(9-21)7-14(20)8-13)23-17-16(22-10-25(11)17)18(26)24-19(2,3)4/h5-8,10H,1-4H3,(H,24,26). The molecule has 1 amide bonds. The van der Waals surface area contributed by atoms with Crippen molar-refractivity contribution in [1.29, 1.82) is 5.26 Å². The second-order valence-corrected chi connectivity index (χ2v) is 7.11. The number of imidazole rings is 1. The Bertz CT molecular complexity index is 1060. The second kappa shape index (κ2) is 6.23. The molecule has 0 unspecified atom stereocenters. The lowest BCUT2D eigenvalue weighted by Gasteiger charge is -2.19. The van der Waals surface area contributed by atoms with Crippen LogP contribution in [0.2, 0.25) is 0 Å². The third kappa shape index (κ3) is 3.40. The van der Waals surface area contributed by atoms with Crippen LogP contribution in [0, 0.1) is 24.1 Å². The average molecular weight is 351 g/mol. The summed E-state index contributed by atoms with van der Waals surface area (Å²) in [6.07, 6.45) is 1.53. The van der Waals surface area contributed by atoms with Crippen molar-refractivity contribution < 1.29 is 9.18 Å². The lowest BCUT2D eigenvalue weighted by molar-refractivity contribution is 0.0916. The van der Waals surface area contributed by atoms with Crippen LogP contribution in [-0.2, 0) is 0 Å². The summed E-state index contributed by atoms with van der Waals surface area (Å²) in [7, 11) is 0. The number of fused-ring (bicyclic) bond motifs is 1. The van der Waals surface area contributed by atoms with Gasteiger partial charge in [0.05, 0.1) is 17.3 Å². The topological polar surface area (TPSA) is 83.1 Å². The van der Waals surface area contributed by atoms with E-state index in [1.165, 1.54) is 12.4 Å². The molecule has 0 aliphatic carbocycles. The van der Waals surface area contributed by atoms with Crippen LogP contribution in [-0.4, -0.2) is 25.8 Å². The van der Waals surface area contributed by atoms with Crippen molar-refractivity contribution in [2.24, 2.45) is 0 Å². The molecule has 0 atom stereocenters. The van der Waals surface area contributed by atoms with Crippen molar-refractivity contribution in [3.8, 4) is 17.3 Å². The molecule has 26 heavy (non-hydrogen) atoms. The van der Waals surface area contributed by atoms with Crippen molar-refractivity contribution in [2.45, 2.75) is 33.2 Å². The van der Waals surface area contributed by atoms with E-state index in [4.69, 9.17) is 5.26 Å². The fourth-order valence-corrected chi connectivity index (χ4v) is 2.63. The van der Waals surface area contributed by atoms with Gasteiger partial charge in [0.15, 0.2) is 11.3 Å². The Morgan fingerprint density at radius 1 is 1.27 bits per heavy atom. The van der Waals surface area contributed by atoms with Crippen molar-refractivity contribution in [1.82, 2.24) is 19.7 Å². The molecule has 2 heterocycles. The molecule has 132 valence electrons. The number of hydrogen-bond acceptors (Lipinski definition) is 4. The predicted octanol–water partition coefficient (Wildman–Crippen LogP) is 3.24. The van der Waals surface area contributed by atoms with Crippen LogP contribution in [0.3, 0.4) is 0 Å². The Balaban J connectivity index is 2.15. The molecule has 3 aromatic rings. The average Bonchev–Trinajstić information content (AvgIpc) is 2.97. The van der Waals surface area contributed by atoms with E-state index in [2.05, 4.69) is 15.3 Å². The summed E-state index contributed by atoms with van der Waals surface area (Å²) in [6.45, 7) is 7.48. The Hall–Kier alpha value is -3.27. The van der Waals surface area contributed by atoms with E-state index >= 15 is 0 Å². The van der Waals surface area contributed by atoms with Gasteiger partial charge in [0, 0.05) is 16.8 Å². The number of carbonyl (C=O) groups is 1. The number of nitrogens with zero attached hydrogens (tertiary/aromatic N) is 4. The highest BCUT2D eigenvalue weighted by Crippen LogP contribution is 2.23. The predicted molar refractivity (Wildman–Crippen MR) is 95.1 cm³/mol. The Labute approximate surface area is 150 Å². The Kier molecular flexibility index (Phi) is 4.20. The molecule has 0 saturated heterocycles. The number of benzene rings is 1.